The molecule has 2 aliphatic rings. The number of carboxylic acids is 1. The van der Waals surface area contributed by atoms with Crippen LogP contribution in [0.15, 0.2) is 67.0 Å². The topological polar surface area (TPSA) is 131 Å². The summed E-state index contributed by atoms with van der Waals surface area (Å²) >= 11 is 6.80. The summed E-state index contributed by atoms with van der Waals surface area (Å²) in [5.74, 6) is 1.33. The minimum absolute atomic E-state index is 0.144. The monoisotopic (exact) mass is 681 g/mol. The van der Waals surface area contributed by atoms with E-state index in [1.165, 1.54) is 6.20 Å². The van der Waals surface area contributed by atoms with E-state index >= 15 is 0 Å². The first-order valence-corrected chi connectivity index (χ1v) is 16.6. The van der Waals surface area contributed by atoms with Crippen LogP contribution in [0.2, 0.25) is 5.02 Å². The third-order valence-electron chi connectivity index (χ3n) is 8.87. The number of carbonyl (C=O) groups excluding carboxylic acids is 1. The number of ether oxygens (including phenoxy) is 4. The zero-order chi connectivity index (χ0) is 34.3. The molecular formula is C38H36ClN3O7. The number of halogens is 1. The van der Waals surface area contributed by atoms with Crippen LogP contribution in [0.3, 0.4) is 0 Å². The minimum Gasteiger partial charge on any atom is -0.488 e. The molecule has 0 radical (unpaired) electrons. The third-order valence-corrected chi connectivity index (χ3v) is 9.16. The molecule has 1 aromatic heterocycles. The predicted molar refractivity (Wildman–Crippen MR) is 182 cm³/mol. The Kier molecular flexibility index (Phi) is 10.6. The van der Waals surface area contributed by atoms with Gasteiger partial charge in [-0.25, -0.2) is 0 Å². The SMILES string of the molecule is Cc1c(COc2cc(OCc3cncc(C#N)c3)c(CN3CCCCC3C(=O)O)cc2Cl)cccc1-c1ccc2c(c1)OC(CC=O)CO2. The second-order valence-corrected chi connectivity index (χ2v) is 12.6. The van der Waals surface area contributed by atoms with Gasteiger partial charge in [-0.3, -0.25) is 14.7 Å². The number of hydrogen-bond donors (Lipinski definition) is 1. The van der Waals surface area contributed by atoms with E-state index in [0.717, 1.165) is 52.5 Å². The van der Waals surface area contributed by atoms with Crippen molar-refractivity contribution in [2.45, 2.75) is 64.5 Å². The van der Waals surface area contributed by atoms with Crippen molar-refractivity contribution < 1.29 is 33.6 Å². The first-order valence-electron chi connectivity index (χ1n) is 16.2. The molecule has 2 atom stereocenters. The molecule has 3 aromatic carbocycles. The summed E-state index contributed by atoms with van der Waals surface area (Å²) in [4.78, 5) is 29.1. The second-order valence-electron chi connectivity index (χ2n) is 12.2. The lowest BCUT2D eigenvalue weighted by atomic mass is 9.96. The number of hydrogen-bond acceptors (Lipinski definition) is 9. The highest BCUT2D eigenvalue weighted by Crippen LogP contribution is 2.39. The molecule has 3 heterocycles. The van der Waals surface area contributed by atoms with Gasteiger partial charge in [-0.15, -0.1) is 0 Å². The lowest BCUT2D eigenvalue weighted by Gasteiger charge is -2.33. The van der Waals surface area contributed by atoms with Crippen LogP contribution in [0.5, 0.6) is 23.0 Å². The van der Waals surface area contributed by atoms with E-state index in [9.17, 15) is 20.0 Å². The average Bonchev–Trinajstić information content (AvgIpc) is 3.11. The van der Waals surface area contributed by atoms with Crippen molar-refractivity contribution in [1.82, 2.24) is 9.88 Å². The molecule has 4 aromatic rings. The Morgan fingerprint density at radius 3 is 2.76 bits per heavy atom. The van der Waals surface area contributed by atoms with Crippen LogP contribution < -0.4 is 18.9 Å². The minimum atomic E-state index is -0.844. The maximum atomic E-state index is 12.0. The third kappa shape index (κ3) is 7.96. The number of likely N-dealkylation sites (tertiary alicyclic amines) is 1. The fraction of sp³-hybridized carbons (Fsp3) is 0.316. The smallest absolute Gasteiger partial charge is 0.320 e. The van der Waals surface area contributed by atoms with Gasteiger partial charge in [-0.2, -0.15) is 5.26 Å². The molecule has 11 heteroatoms. The predicted octanol–water partition coefficient (Wildman–Crippen LogP) is 6.91. The quantitative estimate of drug-likeness (QED) is 0.157. The van der Waals surface area contributed by atoms with Gasteiger partial charge in [0.25, 0.3) is 0 Å². The zero-order valence-corrected chi connectivity index (χ0v) is 27.8. The number of pyridine rings is 1. The van der Waals surface area contributed by atoms with Gasteiger partial charge in [-0.05, 0) is 72.8 Å². The summed E-state index contributed by atoms with van der Waals surface area (Å²) in [6, 6.07) is 18.5. The molecule has 49 heavy (non-hydrogen) atoms. The standard InChI is InChI=1S/C38H36ClN3O7/c1-24-28(5-4-6-31(24)27-8-9-34-37(15-27)49-30(10-12-43)23-48-34)22-47-36-16-35(46-21-26-13-25(17-40)18-41-19-26)29(14-32(36)39)20-42-11-3-2-7-33(42)38(44)45/h4-6,8-9,12-16,18-19,30,33H,2-3,7,10-11,20-23H2,1H3,(H,44,45). The number of benzene rings is 3. The number of aromatic nitrogens is 1. The summed E-state index contributed by atoms with van der Waals surface area (Å²) in [5, 5.41) is 19.5. The molecule has 0 aliphatic carbocycles. The van der Waals surface area contributed by atoms with Crippen LogP contribution in [0.25, 0.3) is 11.1 Å². The van der Waals surface area contributed by atoms with E-state index in [2.05, 4.69) is 11.1 Å². The van der Waals surface area contributed by atoms with Gasteiger partial charge in [-0.1, -0.05) is 42.3 Å². The van der Waals surface area contributed by atoms with E-state index in [0.29, 0.717) is 59.7 Å². The van der Waals surface area contributed by atoms with Crippen LogP contribution >= 0.6 is 11.6 Å². The number of carboxylic acid groups (broad SMARTS) is 1. The maximum absolute atomic E-state index is 12.0. The van der Waals surface area contributed by atoms with Crippen molar-refractivity contribution in [3.63, 3.8) is 0 Å². The van der Waals surface area contributed by atoms with E-state index in [4.69, 9.17) is 30.5 Å². The molecule has 1 fully saturated rings. The van der Waals surface area contributed by atoms with Crippen LogP contribution in [0, 0.1) is 18.3 Å². The number of fused-ring (bicyclic) bond motifs is 1. The Morgan fingerprint density at radius 1 is 1.08 bits per heavy atom. The molecule has 6 rings (SSSR count). The summed E-state index contributed by atoms with van der Waals surface area (Å²) < 4.78 is 24.4. The highest BCUT2D eigenvalue weighted by Gasteiger charge is 2.29. The maximum Gasteiger partial charge on any atom is 0.320 e. The number of nitrogens with zero attached hydrogens (tertiary/aromatic N) is 3. The van der Waals surface area contributed by atoms with E-state index in [-0.39, 0.29) is 25.7 Å². The number of piperidine rings is 1. The number of aliphatic carboxylic acids is 1. The number of aldehydes is 1. The molecule has 252 valence electrons. The average molecular weight is 682 g/mol. The number of nitriles is 1. The first kappa shape index (κ1) is 33.8. The molecule has 1 N–H and O–H groups in total. The van der Waals surface area contributed by atoms with Gasteiger partial charge in [0.05, 0.1) is 10.6 Å². The Hall–Kier alpha value is -5.11. The van der Waals surface area contributed by atoms with E-state index < -0.39 is 12.0 Å². The molecule has 2 unspecified atom stereocenters. The fourth-order valence-electron chi connectivity index (χ4n) is 6.23. The van der Waals surface area contributed by atoms with Crippen molar-refractivity contribution in [1.29, 1.82) is 5.26 Å². The van der Waals surface area contributed by atoms with Crippen molar-refractivity contribution in [3.8, 4) is 40.2 Å². The highest BCUT2D eigenvalue weighted by molar-refractivity contribution is 6.32. The molecule has 1 saturated heterocycles. The van der Waals surface area contributed by atoms with Gasteiger partial charge in [0, 0.05) is 42.6 Å². The zero-order valence-electron chi connectivity index (χ0n) is 27.1. The van der Waals surface area contributed by atoms with Crippen LogP contribution in [0.4, 0.5) is 0 Å². The van der Waals surface area contributed by atoms with Crippen molar-refractivity contribution in [2.75, 3.05) is 13.2 Å². The summed E-state index contributed by atoms with van der Waals surface area (Å²) in [6.45, 7) is 3.73. The Morgan fingerprint density at radius 2 is 1.94 bits per heavy atom. The Balaban J connectivity index is 1.24. The fourth-order valence-corrected chi connectivity index (χ4v) is 6.47. The van der Waals surface area contributed by atoms with E-state index in [1.54, 1.807) is 24.4 Å². The van der Waals surface area contributed by atoms with Crippen molar-refractivity contribution >= 4 is 23.9 Å². The van der Waals surface area contributed by atoms with Gasteiger partial charge in [0.2, 0.25) is 0 Å². The summed E-state index contributed by atoms with van der Waals surface area (Å²) in [7, 11) is 0. The van der Waals surface area contributed by atoms with Crippen LogP contribution in [-0.2, 0) is 29.3 Å². The van der Waals surface area contributed by atoms with Crippen molar-refractivity contribution in [3.05, 3.63) is 99.8 Å². The highest BCUT2D eigenvalue weighted by atomic mass is 35.5. The lowest BCUT2D eigenvalue weighted by molar-refractivity contribution is -0.144. The van der Waals surface area contributed by atoms with Gasteiger partial charge in [0.15, 0.2) is 11.5 Å². The van der Waals surface area contributed by atoms with Crippen LogP contribution in [-0.4, -0.2) is 52.5 Å². The van der Waals surface area contributed by atoms with Gasteiger partial charge < -0.3 is 28.8 Å². The molecule has 0 bridgehead atoms. The molecule has 2 aliphatic heterocycles. The van der Waals surface area contributed by atoms with Gasteiger partial charge in [0.1, 0.15) is 55.8 Å². The molecule has 10 nitrogen and oxygen atoms in total. The van der Waals surface area contributed by atoms with Gasteiger partial charge >= 0.3 is 5.97 Å². The first-order chi connectivity index (χ1) is 23.8. The normalized spacial score (nSPS) is 17.2. The molecule has 0 amide bonds. The second kappa shape index (κ2) is 15.4. The molecule has 0 spiro atoms. The number of rotatable bonds is 12. The largest absolute Gasteiger partial charge is 0.488 e. The summed E-state index contributed by atoms with van der Waals surface area (Å²) in [6.07, 6.45) is 6.26. The lowest BCUT2D eigenvalue weighted by Crippen LogP contribution is -2.44. The Bertz CT molecular complexity index is 1890. The van der Waals surface area contributed by atoms with Crippen molar-refractivity contribution in [2.24, 2.45) is 0 Å². The Labute approximate surface area is 289 Å². The summed E-state index contributed by atoms with van der Waals surface area (Å²) in [5.41, 5.74) is 5.79. The molecular weight excluding hydrogens is 646 g/mol. The van der Waals surface area contributed by atoms with E-state index in [1.807, 2.05) is 48.2 Å². The van der Waals surface area contributed by atoms with Crippen LogP contribution in [0.1, 0.15) is 53.5 Å². The number of carbonyl (C=O) groups is 2. The molecule has 0 saturated carbocycles.